The van der Waals surface area contributed by atoms with Gasteiger partial charge in [-0.3, -0.25) is 4.79 Å². The van der Waals surface area contributed by atoms with Crippen molar-refractivity contribution in [1.29, 1.82) is 0 Å². The number of methoxy groups -OCH3 is 3. The maximum Gasteiger partial charge on any atom is 0.223 e. The quantitative estimate of drug-likeness (QED) is 0.612. The number of hydrogen-bond donors (Lipinski definition) is 1. The van der Waals surface area contributed by atoms with Gasteiger partial charge in [0.05, 0.1) is 21.3 Å². The molecule has 1 aliphatic heterocycles. The Morgan fingerprint density at radius 3 is 2.22 bits per heavy atom. The third-order valence-corrected chi connectivity index (χ3v) is 6.55. The summed E-state index contributed by atoms with van der Waals surface area (Å²) in [6.45, 7) is 3.10. The average molecular weight is 461 g/mol. The summed E-state index contributed by atoms with van der Waals surface area (Å²) in [7, 11) is 5.03. The van der Waals surface area contributed by atoms with Crippen molar-refractivity contribution in [2.24, 2.45) is 0 Å². The van der Waals surface area contributed by atoms with Crippen LogP contribution in [0.2, 0.25) is 0 Å². The molecule has 7 heteroatoms. The lowest BCUT2D eigenvalue weighted by atomic mass is 9.77. The van der Waals surface area contributed by atoms with Gasteiger partial charge in [-0.2, -0.15) is 0 Å². The summed E-state index contributed by atoms with van der Waals surface area (Å²) in [5.74, 6) is 3.22. The Labute approximate surface area is 196 Å². The Morgan fingerprint density at radius 2 is 1.62 bits per heavy atom. The van der Waals surface area contributed by atoms with Gasteiger partial charge in [-0.1, -0.05) is 12.1 Å². The minimum absolute atomic E-state index is 0. The molecular formula is C25H33ClN2O4. The van der Waals surface area contributed by atoms with Gasteiger partial charge in [-0.05, 0) is 59.7 Å². The summed E-state index contributed by atoms with van der Waals surface area (Å²) in [5.41, 5.74) is 5.18. The second kappa shape index (κ2) is 10.9. The minimum atomic E-state index is 0. The van der Waals surface area contributed by atoms with Crippen LogP contribution in [0.15, 0.2) is 30.3 Å². The lowest BCUT2D eigenvalue weighted by Crippen LogP contribution is -2.36. The van der Waals surface area contributed by atoms with Crippen LogP contribution < -0.4 is 19.5 Å². The third kappa shape index (κ3) is 4.97. The van der Waals surface area contributed by atoms with Crippen LogP contribution in [0, 0.1) is 0 Å². The average Bonchev–Trinajstić information content (AvgIpc) is 2.99. The number of amides is 1. The monoisotopic (exact) mass is 460 g/mol. The molecule has 0 bridgehead atoms. The Bertz CT molecular complexity index is 915. The molecule has 2 aromatic carbocycles. The molecule has 0 radical (unpaired) electrons. The number of nitrogens with zero attached hydrogens (tertiary/aromatic N) is 1. The van der Waals surface area contributed by atoms with Crippen LogP contribution in [0.1, 0.15) is 34.6 Å². The zero-order valence-corrected chi connectivity index (χ0v) is 19.9. The fourth-order valence-electron chi connectivity index (χ4n) is 4.71. The first-order valence-corrected chi connectivity index (χ1v) is 11.0. The van der Waals surface area contributed by atoms with Gasteiger partial charge in [-0.15, -0.1) is 12.4 Å². The third-order valence-electron chi connectivity index (χ3n) is 6.55. The van der Waals surface area contributed by atoms with Crippen LogP contribution in [0.4, 0.5) is 0 Å². The van der Waals surface area contributed by atoms with Crippen molar-refractivity contribution >= 4 is 18.3 Å². The van der Waals surface area contributed by atoms with Gasteiger partial charge >= 0.3 is 0 Å². The van der Waals surface area contributed by atoms with E-state index < -0.39 is 0 Å². The van der Waals surface area contributed by atoms with Crippen LogP contribution in [-0.2, 0) is 24.1 Å². The number of fused-ring (bicyclic) bond motifs is 2. The molecule has 1 unspecified atom stereocenters. The normalized spacial score (nSPS) is 16.6. The highest BCUT2D eigenvalue weighted by molar-refractivity contribution is 5.85. The van der Waals surface area contributed by atoms with Crippen molar-refractivity contribution in [3.8, 4) is 17.2 Å². The van der Waals surface area contributed by atoms with Gasteiger partial charge in [0.25, 0.3) is 0 Å². The maximum absolute atomic E-state index is 12.8. The Kier molecular flexibility index (Phi) is 8.26. The van der Waals surface area contributed by atoms with E-state index in [1.54, 1.807) is 21.3 Å². The van der Waals surface area contributed by atoms with Gasteiger partial charge < -0.3 is 24.4 Å². The summed E-state index contributed by atoms with van der Waals surface area (Å²) in [5, 5.41) is 3.48. The van der Waals surface area contributed by atoms with E-state index in [2.05, 4.69) is 29.6 Å². The van der Waals surface area contributed by atoms with Gasteiger partial charge in [0, 0.05) is 38.5 Å². The Hall–Kier alpha value is -2.44. The first-order valence-electron chi connectivity index (χ1n) is 11.0. The number of carbonyl (C=O) groups excluding carboxylic acids is 1. The molecule has 6 nitrogen and oxygen atoms in total. The number of hydrogen-bond acceptors (Lipinski definition) is 5. The molecule has 0 spiro atoms. The summed E-state index contributed by atoms with van der Waals surface area (Å²) in [6, 6.07) is 10.4. The highest BCUT2D eigenvalue weighted by Gasteiger charge is 2.28. The zero-order valence-electron chi connectivity index (χ0n) is 19.1. The predicted molar refractivity (Wildman–Crippen MR) is 128 cm³/mol. The number of halogens is 1. The van der Waals surface area contributed by atoms with Gasteiger partial charge in [0.1, 0.15) is 5.75 Å². The maximum atomic E-state index is 12.8. The van der Waals surface area contributed by atoms with Crippen LogP contribution in [-0.4, -0.2) is 58.3 Å². The molecule has 4 rings (SSSR count). The lowest BCUT2D eigenvalue weighted by Gasteiger charge is -2.32. The number of ether oxygens (including phenoxy) is 3. The predicted octanol–water partition coefficient (Wildman–Crippen LogP) is 3.38. The highest BCUT2D eigenvalue weighted by Crippen LogP contribution is 2.40. The molecule has 1 aliphatic carbocycles. The molecule has 32 heavy (non-hydrogen) atoms. The molecule has 0 saturated carbocycles. The number of benzene rings is 2. The Morgan fingerprint density at radius 1 is 1.00 bits per heavy atom. The second-order valence-electron chi connectivity index (χ2n) is 8.24. The van der Waals surface area contributed by atoms with Crippen molar-refractivity contribution in [1.82, 2.24) is 10.2 Å². The van der Waals surface area contributed by atoms with E-state index in [1.807, 2.05) is 11.0 Å². The molecule has 0 saturated heterocycles. The van der Waals surface area contributed by atoms with Crippen molar-refractivity contribution in [3.05, 3.63) is 52.6 Å². The number of nitrogens with one attached hydrogen (secondary N) is 1. The summed E-state index contributed by atoms with van der Waals surface area (Å²) in [6.07, 6.45) is 3.25. The van der Waals surface area contributed by atoms with E-state index in [9.17, 15) is 4.79 Å². The molecule has 2 aliphatic rings. The summed E-state index contributed by atoms with van der Waals surface area (Å²) < 4.78 is 16.3. The standard InChI is InChI=1S/C25H32N2O4.ClH/c1-29-22-6-4-5-20-19(13-21(20)22)16-26-10-7-25(28)27-11-8-17-14-23(30-2)24(31-3)15-18(17)9-12-27;/h4-6,14-15,19,26H,7-13,16H2,1-3H3;1H. The first kappa shape index (κ1) is 24.2. The van der Waals surface area contributed by atoms with E-state index in [-0.39, 0.29) is 18.3 Å². The number of rotatable bonds is 8. The SMILES string of the molecule is COc1cc2c(cc1OC)CCN(C(=O)CCNCC1Cc3c(OC)cccc31)CC2.Cl. The fraction of sp³-hybridized carbons (Fsp3) is 0.480. The molecule has 2 aromatic rings. The molecule has 1 N–H and O–H groups in total. The lowest BCUT2D eigenvalue weighted by molar-refractivity contribution is -0.131. The molecule has 174 valence electrons. The first-order chi connectivity index (χ1) is 15.1. The minimum Gasteiger partial charge on any atom is -0.496 e. The Balaban J connectivity index is 0.00000289. The summed E-state index contributed by atoms with van der Waals surface area (Å²) >= 11 is 0. The van der Waals surface area contributed by atoms with Crippen molar-refractivity contribution in [2.75, 3.05) is 47.5 Å². The topological polar surface area (TPSA) is 60.0 Å². The fourth-order valence-corrected chi connectivity index (χ4v) is 4.71. The van der Waals surface area contributed by atoms with Gasteiger partial charge in [-0.25, -0.2) is 0 Å². The van der Waals surface area contributed by atoms with E-state index in [4.69, 9.17) is 14.2 Å². The number of carbonyl (C=O) groups is 1. The van der Waals surface area contributed by atoms with Crippen LogP contribution in [0.25, 0.3) is 0 Å². The van der Waals surface area contributed by atoms with Gasteiger partial charge in [0.2, 0.25) is 5.91 Å². The molecular weight excluding hydrogens is 428 g/mol. The van der Waals surface area contributed by atoms with Crippen molar-refractivity contribution in [2.45, 2.75) is 31.6 Å². The molecule has 1 heterocycles. The van der Waals surface area contributed by atoms with E-state index in [0.29, 0.717) is 18.9 Å². The highest BCUT2D eigenvalue weighted by atomic mass is 35.5. The van der Waals surface area contributed by atoms with E-state index >= 15 is 0 Å². The zero-order chi connectivity index (χ0) is 21.8. The van der Waals surface area contributed by atoms with Crippen molar-refractivity contribution < 1.29 is 19.0 Å². The second-order valence-corrected chi connectivity index (χ2v) is 8.24. The van der Waals surface area contributed by atoms with Crippen LogP contribution in [0.3, 0.4) is 0 Å². The van der Waals surface area contributed by atoms with Crippen molar-refractivity contribution in [3.63, 3.8) is 0 Å². The largest absolute Gasteiger partial charge is 0.496 e. The smallest absolute Gasteiger partial charge is 0.223 e. The van der Waals surface area contributed by atoms with E-state index in [0.717, 1.165) is 56.1 Å². The van der Waals surface area contributed by atoms with Crippen LogP contribution in [0.5, 0.6) is 17.2 Å². The molecule has 0 aromatic heterocycles. The molecule has 1 atom stereocenters. The van der Waals surface area contributed by atoms with Gasteiger partial charge in [0.15, 0.2) is 11.5 Å². The summed E-state index contributed by atoms with van der Waals surface area (Å²) in [4.78, 5) is 14.8. The van der Waals surface area contributed by atoms with Crippen LogP contribution >= 0.6 is 12.4 Å². The molecule has 0 fully saturated rings. The molecule has 1 amide bonds. The van der Waals surface area contributed by atoms with E-state index in [1.165, 1.54) is 22.3 Å².